The van der Waals surface area contributed by atoms with Gasteiger partial charge in [0.1, 0.15) is 6.10 Å². The molecule has 1 aromatic rings. The van der Waals surface area contributed by atoms with Crippen LogP contribution in [0.3, 0.4) is 0 Å². The number of hydrogen-bond acceptors (Lipinski definition) is 7. The van der Waals surface area contributed by atoms with Gasteiger partial charge in [0, 0.05) is 25.3 Å². The zero-order chi connectivity index (χ0) is 42.8. The molecule has 2 amide bonds. The van der Waals surface area contributed by atoms with Gasteiger partial charge in [-0.15, -0.1) is 0 Å². The maximum absolute atomic E-state index is 15.1. The topological polar surface area (TPSA) is 147 Å². The van der Waals surface area contributed by atoms with E-state index in [9.17, 15) is 29.1 Å². The van der Waals surface area contributed by atoms with Gasteiger partial charge in [-0.1, -0.05) is 78.8 Å². The number of carboxylic acid groups (broad SMARTS) is 1. The van der Waals surface area contributed by atoms with Gasteiger partial charge >= 0.3 is 11.9 Å². The zero-order valence-electron chi connectivity index (χ0n) is 36.7. The Balaban J connectivity index is 1.30. The number of carbonyl (C=O) groups excluding carboxylic acids is 5. The molecule has 5 aliphatic carbocycles. The lowest BCUT2D eigenvalue weighted by atomic mass is 9.33. The molecule has 10 nitrogen and oxygen atoms in total. The third-order valence-electron chi connectivity index (χ3n) is 16.7. The van der Waals surface area contributed by atoms with Crippen molar-refractivity contribution in [1.82, 2.24) is 10.2 Å². The average molecular weight is 801 g/mol. The van der Waals surface area contributed by atoms with E-state index in [1.165, 1.54) is 6.92 Å². The van der Waals surface area contributed by atoms with Crippen molar-refractivity contribution in [3.05, 3.63) is 47.0 Å². The van der Waals surface area contributed by atoms with Crippen molar-refractivity contribution in [2.24, 2.45) is 56.2 Å². The van der Waals surface area contributed by atoms with Gasteiger partial charge in [0.2, 0.25) is 11.8 Å². The Labute approximate surface area is 345 Å². The fourth-order valence-corrected chi connectivity index (χ4v) is 13.5. The number of ketones is 2. The molecule has 4 saturated carbocycles. The molecule has 8 atom stereocenters. The molecule has 0 bridgehead atoms. The van der Waals surface area contributed by atoms with E-state index in [2.05, 4.69) is 53.8 Å². The molecular weight excluding hydrogens is 733 g/mol. The summed E-state index contributed by atoms with van der Waals surface area (Å²) < 4.78 is 6.16. The fourth-order valence-electron chi connectivity index (χ4n) is 13.5. The van der Waals surface area contributed by atoms with Crippen LogP contribution >= 0.6 is 0 Å². The van der Waals surface area contributed by atoms with Crippen LogP contribution in [0.15, 0.2) is 41.5 Å². The summed E-state index contributed by atoms with van der Waals surface area (Å²) in [6, 6.07) is 9.55. The summed E-state index contributed by atoms with van der Waals surface area (Å²) in [5.41, 5.74) is 0.0107. The number of hydrogen-bond donors (Lipinski definition) is 2. The Bertz CT molecular complexity index is 1880. The Morgan fingerprint density at radius 2 is 1.57 bits per heavy atom. The Morgan fingerprint density at radius 1 is 0.897 bits per heavy atom. The first kappa shape index (κ1) is 43.8. The monoisotopic (exact) mass is 800 g/mol. The average Bonchev–Trinajstić information content (AvgIpc) is 3.45. The molecule has 5 aliphatic rings. The third kappa shape index (κ3) is 7.16. The molecule has 0 heterocycles. The number of Topliss-reactive ketones (excluding diaryl/α,β-unsaturated/α-hetero) is 2. The standard InChI is InChI=1S/C48H68N2O8/c1-29(2)40-33(52)24-48(36(53)28-50(38(54)26-49-30(3)51)27-31-14-12-11-13-15-31)23-22-46(9)32(41(40)48)16-17-35-45(8)20-19-37(58-39(55)25-43(4,5)42(56)57)44(6,7)34(45)18-21-47(35,46)10/h11-15,29,32,34-35,37H,16-28H2,1-10H3,(H,49,51)(H,56,57)/t32-,34?,35-,37+,45+,46-,47-,48+/m1/s1. The number of nitrogens with one attached hydrogen (secondary N) is 1. The van der Waals surface area contributed by atoms with Gasteiger partial charge in [0.05, 0.1) is 30.3 Å². The van der Waals surface area contributed by atoms with Crippen LogP contribution in [0.4, 0.5) is 0 Å². The van der Waals surface area contributed by atoms with Gasteiger partial charge in [0.15, 0.2) is 11.6 Å². The molecule has 1 aromatic carbocycles. The highest BCUT2D eigenvalue weighted by atomic mass is 16.5. The quantitative estimate of drug-likeness (QED) is 0.202. The molecule has 0 aromatic heterocycles. The van der Waals surface area contributed by atoms with Crippen LogP contribution < -0.4 is 5.32 Å². The largest absolute Gasteiger partial charge is 0.481 e. The Kier molecular flexibility index (Phi) is 11.6. The maximum atomic E-state index is 15.1. The van der Waals surface area contributed by atoms with E-state index >= 15 is 4.79 Å². The van der Waals surface area contributed by atoms with Gasteiger partial charge in [-0.05, 0) is 122 Å². The first-order valence-corrected chi connectivity index (χ1v) is 21.7. The molecule has 2 N–H and O–H groups in total. The van der Waals surface area contributed by atoms with Crippen LogP contribution in [0.5, 0.6) is 0 Å². The molecule has 10 heteroatoms. The summed E-state index contributed by atoms with van der Waals surface area (Å²) in [4.78, 5) is 81.3. The van der Waals surface area contributed by atoms with E-state index < -0.39 is 22.8 Å². The minimum atomic E-state index is -1.20. The lowest BCUT2D eigenvalue weighted by Gasteiger charge is -2.72. The first-order valence-electron chi connectivity index (χ1n) is 21.7. The summed E-state index contributed by atoms with van der Waals surface area (Å²) in [5.74, 6) is -1.45. The van der Waals surface area contributed by atoms with Crippen LogP contribution in [0, 0.1) is 56.2 Å². The van der Waals surface area contributed by atoms with E-state index in [4.69, 9.17) is 4.74 Å². The molecule has 0 aliphatic heterocycles. The molecule has 0 radical (unpaired) electrons. The number of allylic oxidation sites excluding steroid dienone is 2. The van der Waals surface area contributed by atoms with E-state index in [1.807, 2.05) is 30.3 Å². The number of carboxylic acids is 1. The van der Waals surface area contributed by atoms with E-state index in [1.54, 1.807) is 18.7 Å². The molecule has 58 heavy (non-hydrogen) atoms. The third-order valence-corrected chi connectivity index (χ3v) is 16.7. The van der Waals surface area contributed by atoms with Crippen LogP contribution in [-0.2, 0) is 40.0 Å². The number of nitrogens with zero attached hydrogens (tertiary/aromatic N) is 1. The van der Waals surface area contributed by atoms with Crippen LogP contribution in [-0.4, -0.2) is 64.5 Å². The first-order chi connectivity index (χ1) is 26.9. The molecule has 318 valence electrons. The van der Waals surface area contributed by atoms with Crippen molar-refractivity contribution in [1.29, 1.82) is 0 Å². The molecule has 4 fully saturated rings. The number of benzene rings is 1. The minimum Gasteiger partial charge on any atom is -0.481 e. The van der Waals surface area contributed by atoms with Crippen LogP contribution in [0.25, 0.3) is 0 Å². The second-order valence-corrected chi connectivity index (χ2v) is 21.1. The van der Waals surface area contributed by atoms with E-state index in [0.29, 0.717) is 18.3 Å². The van der Waals surface area contributed by atoms with Crippen LogP contribution in [0.1, 0.15) is 139 Å². The van der Waals surface area contributed by atoms with Crippen molar-refractivity contribution in [3.63, 3.8) is 0 Å². The highest BCUT2D eigenvalue weighted by Gasteiger charge is 2.71. The van der Waals surface area contributed by atoms with Gasteiger partial charge in [-0.25, -0.2) is 0 Å². The number of rotatable bonds is 12. The number of carbonyl (C=O) groups is 6. The molecular formula is C48H68N2O8. The van der Waals surface area contributed by atoms with Crippen molar-refractivity contribution >= 4 is 35.3 Å². The van der Waals surface area contributed by atoms with Gasteiger partial charge in [-0.3, -0.25) is 28.8 Å². The Morgan fingerprint density at radius 3 is 2.19 bits per heavy atom. The predicted octanol–water partition coefficient (Wildman–Crippen LogP) is 8.11. The lowest BCUT2D eigenvalue weighted by molar-refractivity contribution is -0.233. The summed E-state index contributed by atoms with van der Waals surface area (Å²) in [5, 5.41) is 12.3. The number of aliphatic carboxylic acids is 1. The molecule has 0 spiro atoms. The molecule has 6 rings (SSSR count). The predicted molar refractivity (Wildman–Crippen MR) is 221 cm³/mol. The van der Waals surface area contributed by atoms with Gasteiger partial charge in [0.25, 0.3) is 0 Å². The molecule has 1 unspecified atom stereocenters. The summed E-state index contributed by atoms with van der Waals surface area (Å²) in [6.45, 7) is 20.4. The molecule has 0 saturated heterocycles. The van der Waals surface area contributed by atoms with Crippen molar-refractivity contribution in [2.75, 3.05) is 13.1 Å². The Hall–Kier alpha value is -3.82. The van der Waals surface area contributed by atoms with Crippen molar-refractivity contribution < 1.29 is 38.6 Å². The van der Waals surface area contributed by atoms with Crippen molar-refractivity contribution in [3.8, 4) is 0 Å². The zero-order valence-corrected chi connectivity index (χ0v) is 36.7. The highest BCUT2D eigenvalue weighted by molar-refractivity contribution is 6.08. The summed E-state index contributed by atoms with van der Waals surface area (Å²) >= 11 is 0. The summed E-state index contributed by atoms with van der Waals surface area (Å²) in [6.07, 6.45) is 6.50. The second-order valence-electron chi connectivity index (χ2n) is 21.1. The van der Waals surface area contributed by atoms with Gasteiger partial charge < -0.3 is 20.1 Å². The number of amides is 2. The van der Waals surface area contributed by atoms with E-state index in [0.717, 1.165) is 61.7 Å². The smallest absolute Gasteiger partial charge is 0.309 e. The van der Waals surface area contributed by atoms with Gasteiger partial charge in [-0.2, -0.15) is 0 Å². The SMILES string of the molecule is CC(=O)NCC(=O)N(CC(=O)[C@@]12CC[C@]3(C)[C@H](CC[C@@H]4[C@@]5(C)CC[C@H](OC(=O)CC(C)(C)C(=O)O)C(C)(C)C5CC[C@]43C)C1=C(C(C)C)C(=O)C2)Cc1ccccc1. The van der Waals surface area contributed by atoms with Crippen LogP contribution in [0.2, 0.25) is 0 Å². The highest BCUT2D eigenvalue weighted by Crippen LogP contribution is 2.77. The fraction of sp³-hybridized carbons (Fsp3) is 0.708. The number of ether oxygens (including phenoxy) is 1. The minimum absolute atomic E-state index is 0.0228. The van der Waals surface area contributed by atoms with E-state index in [-0.39, 0.29) is 95.5 Å². The maximum Gasteiger partial charge on any atom is 0.309 e. The normalized spacial score (nSPS) is 33.9. The number of esters is 1. The van der Waals surface area contributed by atoms with Crippen molar-refractivity contribution in [2.45, 2.75) is 146 Å². The second kappa shape index (κ2) is 15.3. The number of fused-ring (bicyclic) bond motifs is 7. The summed E-state index contributed by atoms with van der Waals surface area (Å²) in [7, 11) is 0. The lowest BCUT2D eigenvalue weighted by Crippen LogP contribution is -2.66.